The first-order chi connectivity index (χ1) is 10.4. The first-order valence-corrected chi connectivity index (χ1v) is 8.83. The first-order valence-electron chi connectivity index (χ1n) is 7.84. The maximum absolute atomic E-state index is 2.60. The predicted octanol–water partition coefficient (Wildman–Crippen LogP) is 5.11. The third kappa shape index (κ3) is 5.35. The van der Waals surface area contributed by atoms with Gasteiger partial charge in [-0.05, 0) is 49.5 Å². The molecule has 118 valence electrons. The quantitative estimate of drug-likeness (QED) is 0.699. The molecular formula is C19H24ClNS. The summed E-state index contributed by atoms with van der Waals surface area (Å²) in [6, 6.07) is 21.6. The van der Waals surface area contributed by atoms with Crippen LogP contribution < -0.4 is 0 Å². The number of benzene rings is 2. The first kappa shape index (κ1) is 17.4. The van der Waals surface area contributed by atoms with Gasteiger partial charge in [0.1, 0.15) is 0 Å². The van der Waals surface area contributed by atoms with Crippen molar-refractivity contribution in [1.29, 1.82) is 0 Å². The van der Waals surface area contributed by atoms with Gasteiger partial charge in [0, 0.05) is 17.2 Å². The van der Waals surface area contributed by atoms with Crippen LogP contribution in [0.25, 0.3) is 0 Å². The molecule has 1 aliphatic heterocycles. The van der Waals surface area contributed by atoms with E-state index in [4.69, 9.17) is 0 Å². The Morgan fingerprint density at radius 3 is 2.09 bits per heavy atom. The summed E-state index contributed by atoms with van der Waals surface area (Å²) in [6.07, 6.45) is 2.68. The molecule has 1 nitrogen and oxygen atoms in total. The van der Waals surface area contributed by atoms with Gasteiger partial charge in [-0.3, -0.25) is 4.90 Å². The zero-order valence-corrected chi connectivity index (χ0v) is 14.5. The number of halogens is 1. The Labute approximate surface area is 144 Å². The average molecular weight is 334 g/mol. The van der Waals surface area contributed by atoms with E-state index in [0.29, 0.717) is 0 Å². The molecule has 22 heavy (non-hydrogen) atoms. The van der Waals surface area contributed by atoms with Crippen LogP contribution in [0.3, 0.4) is 0 Å². The Balaban J connectivity index is 0.00000176. The molecule has 1 aliphatic rings. The highest BCUT2D eigenvalue weighted by atomic mass is 35.5. The molecule has 0 N–H and O–H groups in total. The third-order valence-electron chi connectivity index (χ3n) is 4.19. The zero-order valence-electron chi connectivity index (χ0n) is 12.9. The normalized spacial score (nSPS) is 16.2. The highest BCUT2D eigenvalue weighted by molar-refractivity contribution is 7.99. The maximum atomic E-state index is 2.60. The molecule has 0 aliphatic carbocycles. The third-order valence-corrected chi connectivity index (χ3v) is 5.43. The van der Waals surface area contributed by atoms with Crippen molar-refractivity contribution in [2.75, 3.05) is 18.8 Å². The fourth-order valence-corrected chi connectivity index (χ4v) is 3.99. The largest absolute Gasteiger partial charge is 0.299 e. The van der Waals surface area contributed by atoms with Crippen LogP contribution >= 0.6 is 24.2 Å². The molecule has 3 rings (SSSR count). The van der Waals surface area contributed by atoms with Crippen molar-refractivity contribution in [2.24, 2.45) is 5.92 Å². The van der Waals surface area contributed by atoms with E-state index in [-0.39, 0.29) is 12.4 Å². The van der Waals surface area contributed by atoms with Crippen molar-refractivity contribution in [3.05, 3.63) is 66.2 Å². The van der Waals surface area contributed by atoms with E-state index in [0.717, 1.165) is 12.5 Å². The Hall–Kier alpha value is -0.960. The topological polar surface area (TPSA) is 3.24 Å². The monoisotopic (exact) mass is 333 g/mol. The van der Waals surface area contributed by atoms with Gasteiger partial charge in [-0.1, -0.05) is 48.5 Å². The Morgan fingerprint density at radius 1 is 0.864 bits per heavy atom. The maximum Gasteiger partial charge on any atom is 0.0233 e. The van der Waals surface area contributed by atoms with Crippen LogP contribution in [0.1, 0.15) is 18.4 Å². The molecule has 2 aromatic carbocycles. The van der Waals surface area contributed by atoms with Crippen molar-refractivity contribution >= 4 is 24.2 Å². The second-order valence-corrected chi connectivity index (χ2v) is 6.92. The number of hydrogen-bond donors (Lipinski definition) is 0. The summed E-state index contributed by atoms with van der Waals surface area (Å²) in [6.45, 7) is 3.60. The number of nitrogens with zero attached hydrogens (tertiary/aromatic N) is 1. The van der Waals surface area contributed by atoms with E-state index < -0.39 is 0 Å². The smallest absolute Gasteiger partial charge is 0.0233 e. The van der Waals surface area contributed by atoms with E-state index in [1.54, 1.807) is 0 Å². The molecule has 0 unspecified atom stereocenters. The van der Waals surface area contributed by atoms with Crippen molar-refractivity contribution in [2.45, 2.75) is 24.3 Å². The number of piperidine rings is 1. The summed E-state index contributed by atoms with van der Waals surface area (Å²) >= 11 is 2.01. The summed E-state index contributed by atoms with van der Waals surface area (Å²) < 4.78 is 0. The molecule has 0 amide bonds. The minimum absolute atomic E-state index is 0. The standard InChI is InChI=1S/C19H23NS.ClH/c1-3-7-17(8-4-1)15-20-13-11-18(12-14-20)16-21-19-9-5-2-6-10-19;/h1-10,18H,11-16H2;1H. The van der Waals surface area contributed by atoms with Crippen LogP contribution in [0.2, 0.25) is 0 Å². The van der Waals surface area contributed by atoms with Gasteiger partial charge in [-0.2, -0.15) is 0 Å². The Kier molecular flexibility index (Phi) is 7.31. The highest BCUT2D eigenvalue weighted by Crippen LogP contribution is 2.26. The molecule has 0 bridgehead atoms. The Morgan fingerprint density at radius 2 is 1.45 bits per heavy atom. The summed E-state index contributed by atoms with van der Waals surface area (Å²) in [4.78, 5) is 4.00. The summed E-state index contributed by atoms with van der Waals surface area (Å²) in [7, 11) is 0. The minimum Gasteiger partial charge on any atom is -0.299 e. The fraction of sp³-hybridized carbons (Fsp3) is 0.368. The molecule has 0 radical (unpaired) electrons. The van der Waals surface area contributed by atoms with Crippen LogP contribution in [0.4, 0.5) is 0 Å². The molecule has 0 spiro atoms. The number of rotatable bonds is 5. The molecule has 1 heterocycles. The molecule has 0 saturated carbocycles. The lowest BCUT2D eigenvalue weighted by molar-refractivity contribution is 0.187. The molecule has 1 saturated heterocycles. The molecular weight excluding hydrogens is 310 g/mol. The van der Waals surface area contributed by atoms with Gasteiger partial charge in [-0.15, -0.1) is 24.2 Å². The molecule has 0 aromatic heterocycles. The van der Waals surface area contributed by atoms with E-state index >= 15 is 0 Å². The number of likely N-dealkylation sites (tertiary alicyclic amines) is 1. The number of hydrogen-bond acceptors (Lipinski definition) is 2. The lowest BCUT2D eigenvalue weighted by atomic mass is 9.98. The van der Waals surface area contributed by atoms with Gasteiger partial charge in [0.15, 0.2) is 0 Å². The van der Waals surface area contributed by atoms with Gasteiger partial charge >= 0.3 is 0 Å². The van der Waals surface area contributed by atoms with Gasteiger partial charge in [0.2, 0.25) is 0 Å². The van der Waals surface area contributed by atoms with Gasteiger partial charge in [-0.25, -0.2) is 0 Å². The lowest BCUT2D eigenvalue weighted by Gasteiger charge is -2.31. The molecule has 0 atom stereocenters. The minimum atomic E-state index is 0. The summed E-state index contributed by atoms with van der Waals surface area (Å²) in [5.41, 5.74) is 1.44. The zero-order chi connectivity index (χ0) is 14.3. The molecule has 2 aromatic rings. The second-order valence-electron chi connectivity index (χ2n) is 5.83. The second kappa shape index (κ2) is 9.24. The van der Waals surface area contributed by atoms with Gasteiger partial charge < -0.3 is 0 Å². The van der Waals surface area contributed by atoms with Gasteiger partial charge in [0.05, 0.1) is 0 Å². The van der Waals surface area contributed by atoms with Crippen LogP contribution in [-0.2, 0) is 6.54 Å². The van der Waals surface area contributed by atoms with E-state index in [1.165, 1.54) is 42.1 Å². The predicted molar refractivity (Wildman–Crippen MR) is 98.9 cm³/mol. The van der Waals surface area contributed by atoms with Gasteiger partial charge in [0.25, 0.3) is 0 Å². The van der Waals surface area contributed by atoms with E-state index in [1.807, 2.05) is 11.8 Å². The van der Waals surface area contributed by atoms with Crippen LogP contribution in [0, 0.1) is 5.92 Å². The van der Waals surface area contributed by atoms with Crippen molar-refractivity contribution in [3.8, 4) is 0 Å². The summed E-state index contributed by atoms with van der Waals surface area (Å²) in [5.74, 6) is 2.14. The van der Waals surface area contributed by atoms with Crippen molar-refractivity contribution < 1.29 is 0 Å². The lowest BCUT2D eigenvalue weighted by Crippen LogP contribution is -2.33. The van der Waals surface area contributed by atoms with Crippen LogP contribution in [-0.4, -0.2) is 23.7 Å². The SMILES string of the molecule is Cl.c1ccc(CN2CCC(CSc3ccccc3)CC2)cc1. The van der Waals surface area contributed by atoms with Crippen molar-refractivity contribution in [3.63, 3.8) is 0 Å². The van der Waals surface area contributed by atoms with E-state index in [9.17, 15) is 0 Å². The molecule has 1 fully saturated rings. The fourth-order valence-electron chi connectivity index (χ4n) is 2.88. The number of thioether (sulfide) groups is 1. The van der Waals surface area contributed by atoms with Crippen LogP contribution in [0.15, 0.2) is 65.6 Å². The van der Waals surface area contributed by atoms with Crippen molar-refractivity contribution in [1.82, 2.24) is 4.90 Å². The molecule has 3 heteroatoms. The highest BCUT2D eigenvalue weighted by Gasteiger charge is 2.19. The Bertz CT molecular complexity index is 524. The summed E-state index contributed by atoms with van der Waals surface area (Å²) in [5, 5.41) is 0. The van der Waals surface area contributed by atoms with E-state index in [2.05, 4.69) is 65.6 Å². The van der Waals surface area contributed by atoms with Crippen LogP contribution in [0.5, 0.6) is 0 Å². The average Bonchev–Trinajstić information content (AvgIpc) is 2.56.